The Labute approximate surface area is 36.5 Å². The van der Waals surface area contributed by atoms with Crippen molar-refractivity contribution in [3.8, 4) is 0 Å². The Hall–Kier alpha value is -1.01. The van der Waals surface area contributed by atoms with Gasteiger partial charge in [0.25, 0.3) is 0 Å². The molecule has 0 fully saturated rings. The van der Waals surface area contributed by atoms with Crippen LogP contribution < -0.4 is 10.6 Å². The van der Waals surface area contributed by atoms with Crippen LogP contribution in [0, 0.1) is 12.4 Å². The van der Waals surface area contributed by atoms with Crippen molar-refractivity contribution in [1.29, 1.82) is 0 Å². The van der Waals surface area contributed by atoms with E-state index in [0.29, 0.717) is 0 Å². The van der Waals surface area contributed by atoms with Crippen molar-refractivity contribution in [3.63, 3.8) is 0 Å². The summed E-state index contributed by atoms with van der Waals surface area (Å²) < 4.78 is 0. The zero-order valence-electron chi connectivity index (χ0n) is 3.15. The first kappa shape index (κ1) is 3.19. The van der Waals surface area contributed by atoms with Crippen molar-refractivity contribution in [3.05, 3.63) is 24.8 Å². The third-order valence-corrected chi connectivity index (χ3v) is 0.455. The first-order valence-corrected chi connectivity index (χ1v) is 1.65. The molecule has 6 heavy (non-hydrogen) atoms. The highest BCUT2D eigenvalue weighted by atomic mass is 14.9. The Bertz CT molecular complexity index is 63.5. The molecule has 0 spiro atoms. The number of hydrogen-bond donors (Lipinski definition) is 2. The molecule has 1 aliphatic rings. The van der Waals surface area contributed by atoms with Gasteiger partial charge in [0.1, 0.15) is 0 Å². The molecular formula is C4H4N2. The van der Waals surface area contributed by atoms with Gasteiger partial charge in [0.2, 0.25) is 0 Å². The molecule has 0 saturated carbocycles. The lowest BCUT2D eigenvalue weighted by Gasteiger charge is -1.93. The summed E-state index contributed by atoms with van der Waals surface area (Å²) in [4.78, 5) is 0. The van der Waals surface area contributed by atoms with Crippen LogP contribution in [0.2, 0.25) is 0 Å². The van der Waals surface area contributed by atoms with Gasteiger partial charge >= 0.3 is 0 Å². The lowest BCUT2D eigenvalue weighted by molar-refractivity contribution is 0.981. The summed E-state index contributed by atoms with van der Waals surface area (Å²) in [5.41, 5.74) is 0. The van der Waals surface area contributed by atoms with E-state index in [-0.39, 0.29) is 0 Å². The monoisotopic (exact) mass is 80.0 g/mol. The van der Waals surface area contributed by atoms with Crippen LogP contribution in [0.25, 0.3) is 0 Å². The van der Waals surface area contributed by atoms with Crippen molar-refractivity contribution in [2.45, 2.75) is 0 Å². The third kappa shape index (κ3) is 0.476. The van der Waals surface area contributed by atoms with Gasteiger partial charge < -0.3 is 10.6 Å². The van der Waals surface area contributed by atoms with Crippen molar-refractivity contribution < 1.29 is 0 Å². The van der Waals surface area contributed by atoms with E-state index >= 15 is 0 Å². The molecule has 1 rings (SSSR count). The van der Waals surface area contributed by atoms with E-state index in [9.17, 15) is 0 Å². The van der Waals surface area contributed by atoms with Crippen molar-refractivity contribution >= 4 is 0 Å². The molecule has 2 heteroatoms. The summed E-state index contributed by atoms with van der Waals surface area (Å²) in [6, 6.07) is 0. The Kier molecular flexibility index (Phi) is 0.762. The van der Waals surface area contributed by atoms with Crippen molar-refractivity contribution in [1.82, 2.24) is 10.6 Å². The normalized spacial score (nSPS) is 14.7. The van der Waals surface area contributed by atoms with Gasteiger partial charge in [-0.25, -0.2) is 0 Å². The van der Waals surface area contributed by atoms with Gasteiger partial charge in [-0.2, -0.15) is 0 Å². The second-order valence-electron chi connectivity index (χ2n) is 0.869. The van der Waals surface area contributed by atoms with Gasteiger partial charge in [-0.15, -0.1) is 0 Å². The Balaban J connectivity index is 2.40. The molecule has 1 aliphatic heterocycles. The maximum atomic E-state index is 2.75. The SMILES string of the molecule is [C+]1=CNC=[C-]N1. The van der Waals surface area contributed by atoms with Gasteiger partial charge in [0, 0.05) is 6.20 Å². The average Bonchev–Trinajstić information content (AvgIpc) is 1.72. The van der Waals surface area contributed by atoms with E-state index in [2.05, 4.69) is 23.0 Å². The molecule has 0 atom stereocenters. The molecule has 0 unspecified atom stereocenters. The highest BCUT2D eigenvalue weighted by Crippen LogP contribution is 1.67. The van der Waals surface area contributed by atoms with Crippen LogP contribution >= 0.6 is 0 Å². The average molecular weight is 80.1 g/mol. The van der Waals surface area contributed by atoms with E-state index in [0.717, 1.165) is 0 Å². The van der Waals surface area contributed by atoms with Gasteiger partial charge in [-0.1, -0.05) is 0 Å². The third-order valence-electron chi connectivity index (χ3n) is 0.455. The lowest BCUT2D eigenvalue weighted by Crippen LogP contribution is -2.06. The maximum Gasteiger partial charge on any atom is 0.0874 e. The van der Waals surface area contributed by atoms with Crippen molar-refractivity contribution in [2.24, 2.45) is 0 Å². The minimum absolute atomic E-state index is 1.66. The molecule has 0 aromatic rings. The Morgan fingerprint density at radius 2 is 2.67 bits per heavy atom. The molecular weight excluding hydrogens is 76.1 g/mol. The van der Waals surface area contributed by atoms with Crippen molar-refractivity contribution in [2.75, 3.05) is 0 Å². The van der Waals surface area contributed by atoms with E-state index in [1.54, 1.807) is 12.4 Å². The van der Waals surface area contributed by atoms with Gasteiger partial charge in [0.05, 0.1) is 12.4 Å². The lowest BCUT2D eigenvalue weighted by atomic mass is 10.7. The molecule has 2 N–H and O–H groups in total. The van der Waals surface area contributed by atoms with E-state index < -0.39 is 0 Å². The quantitative estimate of drug-likeness (QED) is 0.391. The van der Waals surface area contributed by atoms with E-state index in [1.807, 2.05) is 0 Å². The number of rotatable bonds is 0. The smallest absolute Gasteiger partial charge is 0.0874 e. The minimum atomic E-state index is 1.66. The molecule has 2 nitrogen and oxygen atoms in total. The summed E-state index contributed by atoms with van der Waals surface area (Å²) in [6.07, 6.45) is 8.64. The summed E-state index contributed by atoms with van der Waals surface area (Å²) in [6.45, 7) is 0. The van der Waals surface area contributed by atoms with Crippen LogP contribution in [0.4, 0.5) is 0 Å². The predicted molar refractivity (Wildman–Crippen MR) is 21.9 cm³/mol. The molecule has 0 aromatic carbocycles. The first-order valence-electron chi connectivity index (χ1n) is 1.65. The number of hydrogen-bond acceptors (Lipinski definition) is 2. The fraction of sp³-hybridized carbons (Fsp3) is 0. The van der Waals surface area contributed by atoms with Crippen LogP contribution in [0.3, 0.4) is 0 Å². The van der Waals surface area contributed by atoms with Crippen LogP contribution in [0.5, 0.6) is 0 Å². The zero-order valence-corrected chi connectivity index (χ0v) is 3.15. The Morgan fingerprint density at radius 3 is 2.83 bits per heavy atom. The molecule has 0 bridgehead atoms. The second kappa shape index (κ2) is 1.43. The second-order valence-corrected chi connectivity index (χ2v) is 0.869. The molecule has 0 saturated heterocycles. The van der Waals surface area contributed by atoms with Crippen LogP contribution in [-0.4, -0.2) is 0 Å². The molecule has 1 heterocycles. The van der Waals surface area contributed by atoms with Crippen LogP contribution in [0.1, 0.15) is 0 Å². The zero-order chi connectivity index (χ0) is 4.24. The van der Waals surface area contributed by atoms with Gasteiger partial charge in [-0.3, -0.25) is 0 Å². The highest BCUT2D eigenvalue weighted by Gasteiger charge is 1.72. The van der Waals surface area contributed by atoms with Gasteiger partial charge in [-0.05, 0) is 6.20 Å². The summed E-state index contributed by atoms with van der Waals surface area (Å²) in [5.74, 6) is 0. The summed E-state index contributed by atoms with van der Waals surface area (Å²) in [5, 5.41) is 5.36. The number of nitrogens with one attached hydrogen (secondary N) is 2. The van der Waals surface area contributed by atoms with E-state index in [1.165, 1.54) is 0 Å². The molecule has 0 aromatic heterocycles. The highest BCUT2D eigenvalue weighted by molar-refractivity contribution is 4.85. The molecule has 0 aliphatic carbocycles. The molecule has 0 radical (unpaired) electrons. The standard InChI is InChI=1S/C4H4N2/c1-2-6-4-3-5-1/h1,3,5-6H. The summed E-state index contributed by atoms with van der Waals surface area (Å²) >= 11 is 0. The topological polar surface area (TPSA) is 24.1 Å². The summed E-state index contributed by atoms with van der Waals surface area (Å²) in [7, 11) is 0. The van der Waals surface area contributed by atoms with Crippen LogP contribution in [-0.2, 0) is 0 Å². The largest absolute Gasteiger partial charge is 0.358 e. The molecule has 30 valence electrons. The fourth-order valence-electron chi connectivity index (χ4n) is 0.239. The Morgan fingerprint density at radius 1 is 1.67 bits per heavy atom. The fourth-order valence-corrected chi connectivity index (χ4v) is 0.239. The molecule has 0 amide bonds. The first-order chi connectivity index (χ1) is 3.00. The van der Waals surface area contributed by atoms with Gasteiger partial charge in [0.15, 0.2) is 0 Å². The minimum Gasteiger partial charge on any atom is -0.358 e. The van der Waals surface area contributed by atoms with E-state index in [4.69, 9.17) is 0 Å². The van der Waals surface area contributed by atoms with Crippen LogP contribution in [0.15, 0.2) is 12.4 Å². The maximum absolute atomic E-state index is 2.75. The predicted octanol–water partition coefficient (Wildman–Crippen LogP) is -0.272.